The van der Waals surface area contributed by atoms with E-state index in [2.05, 4.69) is 0 Å². The number of halogens is 3. The van der Waals surface area contributed by atoms with Crippen molar-refractivity contribution in [3.63, 3.8) is 0 Å². The van der Waals surface area contributed by atoms with Gasteiger partial charge in [0.1, 0.15) is 11.4 Å². The normalized spacial score (nSPS) is 16.4. The molecule has 2 rings (SSSR count). The van der Waals surface area contributed by atoms with Gasteiger partial charge >= 0.3 is 18.1 Å². The largest absolute Gasteiger partial charge is 0.478 e. The first-order valence-electron chi connectivity index (χ1n) is 7.47. The fourth-order valence-corrected chi connectivity index (χ4v) is 3.19. The van der Waals surface area contributed by atoms with E-state index >= 15 is 0 Å². The zero-order chi connectivity index (χ0) is 17.4. The first-order chi connectivity index (χ1) is 10.6. The molecule has 1 aromatic rings. The fourth-order valence-electron chi connectivity index (χ4n) is 3.19. The summed E-state index contributed by atoms with van der Waals surface area (Å²) in [6.45, 7) is 3.21. The Bertz CT molecular complexity index is 629. The standard InChI is InChI=1S/C15H19F3N2O3/c1-8-9(2)20(10-6-4-3-5-7-10)12(11(8)13(21)22)19-14(23)15(16,17)18/h10H,3-7H2,1-2H3,(H,19,23)(H,21,22). The SMILES string of the molecule is Cc1c(C(=O)O)c(NC(=O)C(F)(F)F)n(C2CCCCC2)c1C. The lowest BCUT2D eigenvalue weighted by molar-refractivity contribution is -0.167. The molecule has 0 bridgehead atoms. The summed E-state index contributed by atoms with van der Waals surface area (Å²) in [5.41, 5.74) is 0.679. The van der Waals surface area contributed by atoms with Crippen molar-refractivity contribution in [3.05, 3.63) is 16.8 Å². The van der Waals surface area contributed by atoms with Crippen LogP contribution in [0.2, 0.25) is 0 Å². The summed E-state index contributed by atoms with van der Waals surface area (Å²) in [5.74, 6) is -3.77. The first kappa shape index (κ1) is 17.4. The molecule has 2 N–H and O–H groups in total. The highest BCUT2D eigenvalue weighted by Gasteiger charge is 2.41. The van der Waals surface area contributed by atoms with E-state index in [0.717, 1.165) is 32.1 Å². The quantitative estimate of drug-likeness (QED) is 0.884. The van der Waals surface area contributed by atoms with Crippen molar-refractivity contribution in [2.24, 2.45) is 0 Å². The van der Waals surface area contributed by atoms with Gasteiger partial charge in [-0.15, -0.1) is 0 Å². The summed E-state index contributed by atoms with van der Waals surface area (Å²) < 4.78 is 39.3. The van der Waals surface area contributed by atoms with Crippen molar-refractivity contribution in [1.82, 2.24) is 4.57 Å². The lowest BCUT2D eigenvalue weighted by Crippen LogP contribution is -2.32. The van der Waals surface area contributed by atoms with Crippen LogP contribution < -0.4 is 5.32 Å². The molecule has 0 unspecified atom stereocenters. The summed E-state index contributed by atoms with van der Waals surface area (Å²) in [4.78, 5) is 22.8. The summed E-state index contributed by atoms with van der Waals surface area (Å²) in [7, 11) is 0. The van der Waals surface area contributed by atoms with Gasteiger partial charge in [0.25, 0.3) is 0 Å². The number of carboxylic acid groups (broad SMARTS) is 1. The van der Waals surface area contributed by atoms with E-state index in [0.29, 0.717) is 11.3 Å². The molecule has 5 nitrogen and oxygen atoms in total. The van der Waals surface area contributed by atoms with Crippen LogP contribution in [0.5, 0.6) is 0 Å². The second-order valence-electron chi connectivity index (χ2n) is 5.85. The molecule has 0 radical (unpaired) electrons. The molecule has 1 aliphatic carbocycles. The number of carbonyl (C=O) groups excluding carboxylic acids is 1. The Kier molecular flexibility index (Phi) is 4.72. The molecule has 1 fully saturated rings. The molecule has 23 heavy (non-hydrogen) atoms. The number of hydrogen-bond acceptors (Lipinski definition) is 2. The Morgan fingerprint density at radius 1 is 1.17 bits per heavy atom. The summed E-state index contributed by atoms with van der Waals surface area (Å²) >= 11 is 0. The van der Waals surface area contributed by atoms with Crippen LogP contribution in [0.1, 0.15) is 59.8 Å². The van der Waals surface area contributed by atoms with E-state index in [9.17, 15) is 27.9 Å². The van der Waals surface area contributed by atoms with Gasteiger partial charge in [0.05, 0.1) is 0 Å². The summed E-state index contributed by atoms with van der Waals surface area (Å²) in [6.07, 6.45) is -0.663. The molecule has 8 heteroatoms. The zero-order valence-corrected chi connectivity index (χ0v) is 13.0. The second kappa shape index (κ2) is 6.25. The maximum atomic E-state index is 12.6. The Morgan fingerprint density at radius 3 is 2.22 bits per heavy atom. The van der Waals surface area contributed by atoms with Crippen LogP contribution in [0.4, 0.5) is 19.0 Å². The van der Waals surface area contributed by atoms with E-state index < -0.39 is 18.1 Å². The number of nitrogens with one attached hydrogen (secondary N) is 1. The van der Waals surface area contributed by atoms with Gasteiger partial charge in [-0.05, 0) is 32.3 Å². The number of nitrogens with zero attached hydrogens (tertiary/aromatic N) is 1. The van der Waals surface area contributed by atoms with Gasteiger partial charge in [0.15, 0.2) is 0 Å². The van der Waals surface area contributed by atoms with Crippen LogP contribution >= 0.6 is 0 Å². The number of carboxylic acids is 1. The Hall–Kier alpha value is -1.99. The van der Waals surface area contributed by atoms with Crippen molar-refractivity contribution in [3.8, 4) is 0 Å². The van der Waals surface area contributed by atoms with Gasteiger partial charge in [-0.2, -0.15) is 13.2 Å². The van der Waals surface area contributed by atoms with E-state index in [1.165, 1.54) is 0 Å². The highest BCUT2D eigenvalue weighted by atomic mass is 19.4. The predicted octanol–water partition coefficient (Wildman–Crippen LogP) is 3.81. The number of aromatic carboxylic acids is 1. The Labute approximate surface area is 131 Å². The van der Waals surface area contributed by atoms with Gasteiger partial charge in [-0.25, -0.2) is 4.79 Å². The van der Waals surface area contributed by atoms with Gasteiger partial charge in [-0.1, -0.05) is 19.3 Å². The maximum Gasteiger partial charge on any atom is 0.471 e. The highest BCUT2D eigenvalue weighted by molar-refractivity contribution is 6.02. The minimum absolute atomic E-state index is 0.0981. The van der Waals surface area contributed by atoms with Crippen LogP contribution in [0, 0.1) is 13.8 Å². The molecule has 0 saturated heterocycles. The van der Waals surface area contributed by atoms with Crippen LogP contribution in [-0.2, 0) is 4.79 Å². The Balaban J connectivity index is 2.53. The lowest BCUT2D eigenvalue weighted by atomic mass is 9.95. The van der Waals surface area contributed by atoms with Crippen molar-refractivity contribution in [2.75, 3.05) is 5.32 Å². The number of rotatable bonds is 3. The molecule has 0 atom stereocenters. The molecule has 0 aliphatic heterocycles. The van der Waals surface area contributed by atoms with Crippen LogP contribution in [0.15, 0.2) is 0 Å². The third-order valence-corrected chi connectivity index (χ3v) is 4.40. The Morgan fingerprint density at radius 2 is 1.74 bits per heavy atom. The van der Waals surface area contributed by atoms with Crippen molar-refractivity contribution >= 4 is 17.7 Å². The number of alkyl halides is 3. The number of anilines is 1. The molecule has 1 heterocycles. The van der Waals surface area contributed by atoms with Crippen LogP contribution in [0.25, 0.3) is 0 Å². The van der Waals surface area contributed by atoms with Gasteiger partial charge < -0.3 is 15.0 Å². The number of carbonyl (C=O) groups is 2. The summed E-state index contributed by atoms with van der Waals surface area (Å²) in [6, 6.07) is -0.0981. The lowest BCUT2D eigenvalue weighted by Gasteiger charge is -2.27. The van der Waals surface area contributed by atoms with Crippen LogP contribution in [-0.4, -0.2) is 27.7 Å². The molecule has 0 spiro atoms. The van der Waals surface area contributed by atoms with E-state index in [4.69, 9.17) is 0 Å². The van der Waals surface area contributed by atoms with Crippen LogP contribution in [0.3, 0.4) is 0 Å². The molecule has 1 saturated carbocycles. The number of aromatic nitrogens is 1. The zero-order valence-electron chi connectivity index (χ0n) is 13.0. The van der Waals surface area contributed by atoms with E-state index in [1.54, 1.807) is 23.7 Å². The molecular weight excluding hydrogens is 313 g/mol. The average Bonchev–Trinajstić information content (AvgIpc) is 2.70. The van der Waals surface area contributed by atoms with Gasteiger partial charge in [0.2, 0.25) is 0 Å². The fraction of sp³-hybridized carbons (Fsp3) is 0.600. The van der Waals surface area contributed by atoms with E-state index in [-0.39, 0.29) is 17.4 Å². The molecular formula is C15H19F3N2O3. The number of hydrogen-bond donors (Lipinski definition) is 2. The monoisotopic (exact) mass is 332 g/mol. The third-order valence-electron chi connectivity index (χ3n) is 4.40. The van der Waals surface area contributed by atoms with Crippen molar-refractivity contribution in [1.29, 1.82) is 0 Å². The van der Waals surface area contributed by atoms with Gasteiger partial charge in [-0.3, -0.25) is 4.79 Å². The number of amides is 1. The smallest absolute Gasteiger partial charge is 0.471 e. The molecule has 128 valence electrons. The third kappa shape index (κ3) is 3.35. The molecule has 1 aliphatic rings. The minimum atomic E-state index is -5.07. The predicted molar refractivity (Wildman–Crippen MR) is 77.7 cm³/mol. The highest BCUT2D eigenvalue weighted by Crippen LogP contribution is 2.37. The van der Waals surface area contributed by atoms with Gasteiger partial charge in [0, 0.05) is 11.7 Å². The topological polar surface area (TPSA) is 71.3 Å². The summed E-state index contributed by atoms with van der Waals surface area (Å²) in [5, 5.41) is 11.1. The average molecular weight is 332 g/mol. The van der Waals surface area contributed by atoms with Crippen molar-refractivity contribution < 1.29 is 27.9 Å². The first-order valence-corrected chi connectivity index (χ1v) is 7.47. The molecule has 1 aromatic heterocycles. The molecule has 0 aromatic carbocycles. The second-order valence-corrected chi connectivity index (χ2v) is 5.85. The minimum Gasteiger partial charge on any atom is -0.478 e. The molecule has 1 amide bonds. The maximum absolute atomic E-state index is 12.6. The van der Waals surface area contributed by atoms with E-state index in [1.807, 2.05) is 0 Å². The van der Waals surface area contributed by atoms with Crippen molar-refractivity contribution in [2.45, 2.75) is 58.2 Å².